The molecular formula is C25H29N3O6. The van der Waals surface area contributed by atoms with Crippen molar-refractivity contribution < 1.29 is 29.0 Å². The monoisotopic (exact) mass is 467 g/mol. The third-order valence-corrected chi connectivity index (χ3v) is 6.15. The molecule has 1 aromatic heterocycles. The first-order valence-electron chi connectivity index (χ1n) is 11.5. The van der Waals surface area contributed by atoms with E-state index < -0.39 is 11.9 Å². The molecule has 180 valence electrons. The first-order valence-corrected chi connectivity index (χ1v) is 11.5. The largest absolute Gasteiger partial charge is 0.478 e. The van der Waals surface area contributed by atoms with Crippen molar-refractivity contribution in [2.45, 2.75) is 26.7 Å². The van der Waals surface area contributed by atoms with Crippen LogP contribution in [0.1, 0.15) is 56.6 Å². The Bertz CT molecular complexity index is 1140. The summed E-state index contributed by atoms with van der Waals surface area (Å²) < 4.78 is 10.7. The number of fused-ring (bicyclic) bond motifs is 1. The van der Waals surface area contributed by atoms with Gasteiger partial charge in [-0.25, -0.2) is 9.59 Å². The quantitative estimate of drug-likeness (QED) is 0.403. The van der Waals surface area contributed by atoms with Crippen LogP contribution >= 0.6 is 0 Å². The van der Waals surface area contributed by atoms with Gasteiger partial charge in [0.05, 0.1) is 36.5 Å². The fourth-order valence-corrected chi connectivity index (χ4v) is 4.48. The molecule has 0 spiro atoms. The van der Waals surface area contributed by atoms with E-state index in [4.69, 9.17) is 9.47 Å². The van der Waals surface area contributed by atoms with E-state index in [0.29, 0.717) is 40.2 Å². The van der Waals surface area contributed by atoms with Gasteiger partial charge in [0.1, 0.15) is 0 Å². The lowest BCUT2D eigenvalue weighted by molar-refractivity contribution is -0.110. The predicted molar refractivity (Wildman–Crippen MR) is 127 cm³/mol. The molecular weight excluding hydrogens is 438 g/mol. The van der Waals surface area contributed by atoms with E-state index in [2.05, 4.69) is 15.2 Å². The molecule has 1 aromatic carbocycles. The molecule has 9 heteroatoms. The van der Waals surface area contributed by atoms with E-state index >= 15 is 0 Å². The Morgan fingerprint density at radius 1 is 1.26 bits per heavy atom. The number of carboxylic acids is 1. The number of hydrogen-bond donors (Lipinski definition) is 3. The first-order chi connectivity index (χ1) is 16.4. The Labute approximate surface area is 197 Å². The van der Waals surface area contributed by atoms with Crippen LogP contribution in [0.15, 0.2) is 18.2 Å². The minimum absolute atomic E-state index is 0.0989. The van der Waals surface area contributed by atoms with Gasteiger partial charge in [-0.1, -0.05) is 0 Å². The summed E-state index contributed by atoms with van der Waals surface area (Å²) in [6, 6.07) is 4.53. The van der Waals surface area contributed by atoms with Crippen molar-refractivity contribution in [3.8, 4) is 0 Å². The Hall–Kier alpha value is -3.43. The number of nitrogens with one attached hydrogen (secondary N) is 2. The molecule has 0 unspecified atom stereocenters. The Kier molecular flexibility index (Phi) is 7.14. The number of carbonyl (C=O) groups is 3. The zero-order valence-electron chi connectivity index (χ0n) is 19.4. The highest BCUT2D eigenvalue weighted by atomic mass is 16.5. The van der Waals surface area contributed by atoms with Crippen LogP contribution in [0.2, 0.25) is 0 Å². The number of rotatable bonds is 8. The van der Waals surface area contributed by atoms with Crippen LogP contribution in [0.25, 0.3) is 11.6 Å². The summed E-state index contributed by atoms with van der Waals surface area (Å²) in [6.07, 6.45) is 3.15. The molecule has 2 aliphatic heterocycles. The number of nitrogens with zero attached hydrogens (tertiary/aromatic N) is 1. The summed E-state index contributed by atoms with van der Waals surface area (Å²) in [7, 11) is 0. The summed E-state index contributed by atoms with van der Waals surface area (Å²) in [6.45, 7) is 7.93. The molecule has 0 atom stereocenters. The number of hydrogen-bond acceptors (Lipinski definition) is 6. The first kappa shape index (κ1) is 23.7. The van der Waals surface area contributed by atoms with Crippen molar-refractivity contribution in [2.75, 3.05) is 44.8 Å². The smallest absolute Gasteiger partial charge is 0.340 e. The maximum absolute atomic E-state index is 12.7. The van der Waals surface area contributed by atoms with Crippen LogP contribution in [-0.2, 0) is 20.7 Å². The number of benzene rings is 1. The topological polar surface area (TPSA) is 121 Å². The summed E-state index contributed by atoms with van der Waals surface area (Å²) >= 11 is 0. The highest BCUT2D eigenvalue weighted by Crippen LogP contribution is 2.35. The van der Waals surface area contributed by atoms with Gasteiger partial charge < -0.3 is 24.9 Å². The number of amides is 1. The third kappa shape index (κ3) is 4.90. The molecule has 3 heterocycles. The molecule has 9 nitrogen and oxygen atoms in total. The van der Waals surface area contributed by atoms with Gasteiger partial charge in [-0.3, -0.25) is 9.69 Å². The van der Waals surface area contributed by atoms with Gasteiger partial charge >= 0.3 is 11.9 Å². The Balaban J connectivity index is 1.68. The molecule has 0 bridgehead atoms. The number of aryl methyl sites for hydroxylation is 1. The molecule has 1 fully saturated rings. The number of aromatic nitrogens is 1. The van der Waals surface area contributed by atoms with Crippen molar-refractivity contribution in [3.63, 3.8) is 0 Å². The van der Waals surface area contributed by atoms with E-state index in [1.165, 1.54) is 12.1 Å². The van der Waals surface area contributed by atoms with Gasteiger partial charge in [-0.2, -0.15) is 0 Å². The average molecular weight is 468 g/mol. The molecule has 0 radical (unpaired) electrons. The van der Waals surface area contributed by atoms with Crippen LogP contribution in [0, 0.1) is 6.92 Å². The van der Waals surface area contributed by atoms with Crippen molar-refractivity contribution in [3.05, 3.63) is 51.8 Å². The molecule has 1 saturated heterocycles. The van der Waals surface area contributed by atoms with Gasteiger partial charge in [-0.15, -0.1) is 0 Å². The van der Waals surface area contributed by atoms with E-state index in [9.17, 15) is 19.5 Å². The fourth-order valence-electron chi connectivity index (χ4n) is 4.48. The zero-order valence-corrected chi connectivity index (χ0v) is 19.4. The number of anilines is 1. The molecule has 1 amide bonds. The SMILES string of the molecule is CCOC(=O)c1c(C)[nH]c(C=C2C(=O)Nc3ccc(C(=O)O)cc32)c1CCCN1CCOCC1. The van der Waals surface area contributed by atoms with Crippen LogP contribution in [-0.4, -0.2) is 72.3 Å². The molecule has 4 rings (SSSR count). The molecule has 34 heavy (non-hydrogen) atoms. The second kappa shape index (κ2) is 10.2. The number of morpholine rings is 1. The third-order valence-electron chi connectivity index (χ3n) is 6.15. The molecule has 2 aliphatic rings. The molecule has 2 aromatic rings. The van der Waals surface area contributed by atoms with Crippen molar-refractivity contribution in [1.82, 2.24) is 9.88 Å². The molecule has 0 aliphatic carbocycles. The Morgan fingerprint density at radius 3 is 2.74 bits per heavy atom. The maximum atomic E-state index is 12.7. The normalized spacial score (nSPS) is 17.0. The number of ether oxygens (including phenoxy) is 2. The zero-order chi connectivity index (χ0) is 24.2. The highest BCUT2D eigenvalue weighted by molar-refractivity contribution is 6.35. The van der Waals surface area contributed by atoms with Crippen LogP contribution in [0.4, 0.5) is 5.69 Å². The number of carboxylic acid groups (broad SMARTS) is 1. The van der Waals surface area contributed by atoms with E-state index in [0.717, 1.165) is 44.8 Å². The van der Waals surface area contributed by atoms with Gasteiger partial charge in [0, 0.05) is 35.7 Å². The summed E-state index contributed by atoms with van der Waals surface area (Å²) in [5.41, 5.74) is 4.15. The predicted octanol–water partition coefficient (Wildman–Crippen LogP) is 2.96. The lowest BCUT2D eigenvalue weighted by Gasteiger charge is -2.26. The second-order valence-electron chi connectivity index (χ2n) is 8.37. The summed E-state index contributed by atoms with van der Waals surface area (Å²) in [4.78, 5) is 42.5. The average Bonchev–Trinajstić information content (AvgIpc) is 3.30. The summed E-state index contributed by atoms with van der Waals surface area (Å²) in [5, 5.41) is 12.1. The number of esters is 1. The van der Waals surface area contributed by atoms with Crippen LogP contribution in [0.5, 0.6) is 0 Å². The Morgan fingerprint density at radius 2 is 2.03 bits per heavy atom. The molecule has 3 N–H and O–H groups in total. The van der Waals surface area contributed by atoms with Crippen molar-refractivity contribution >= 4 is 35.2 Å². The van der Waals surface area contributed by atoms with Gasteiger partial charge in [0.2, 0.25) is 0 Å². The molecule has 0 saturated carbocycles. The highest BCUT2D eigenvalue weighted by Gasteiger charge is 2.28. The van der Waals surface area contributed by atoms with Gasteiger partial charge in [0.25, 0.3) is 5.91 Å². The fraction of sp³-hybridized carbons (Fsp3) is 0.400. The van der Waals surface area contributed by atoms with Crippen molar-refractivity contribution in [2.24, 2.45) is 0 Å². The van der Waals surface area contributed by atoms with Gasteiger partial charge in [-0.05, 0) is 63.1 Å². The van der Waals surface area contributed by atoms with E-state index in [-0.39, 0.29) is 18.1 Å². The summed E-state index contributed by atoms with van der Waals surface area (Å²) in [5.74, 6) is -1.78. The lowest BCUT2D eigenvalue weighted by Crippen LogP contribution is -2.37. The van der Waals surface area contributed by atoms with Gasteiger partial charge in [0.15, 0.2) is 0 Å². The maximum Gasteiger partial charge on any atom is 0.340 e. The van der Waals surface area contributed by atoms with E-state index in [1.54, 1.807) is 19.1 Å². The standard InChI is InChI=1S/C25H29N3O6/c1-3-34-25(32)22-15(2)26-21(17(22)5-4-8-28-9-11-33-12-10-28)14-19-18-13-16(24(30)31)6-7-20(18)27-23(19)29/h6-7,13-14,26H,3-5,8-12H2,1-2H3,(H,27,29)(H,30,31). The number of H-pyrrole nitrogens is 1. The number of aromatic amines is 1. The number of aromatic carboxylic acids is 1. The number of carbonyl (C=O) groups excluding carboxylic acids is 2. The van der Waals surface area contributed by atoms with Crippen LogP contribution < -0.4 is 5.32 Å². The van der Waals surface area contributed by atoms with E-state index in [1.807, 2.05) is 6.92 Å². The minimum Gasteiger partial charge on any atom is -0.478 e. The lowest BCUT2D eigenvalue weighted by atomic mass is 9.99. The van der Waals surface area contributed by atoms with Crippen molar-refractivity contribution in [1.29, 1.82) is 0 Å². The minimum atomic E-state index is -1.06. The second-order valence-corrected chi connectivity index (χ2v) is 8.37. The van der Waals surface area contributed by atoms with Crippen LogP contribution in [0.3, 0.4) is 0 Å².